The molecule has 1 aliphatic rings. The number of methoxy groups -OCH3 is 1. The summed E-state index contributed by atoms with van der Waals surface area (Å²) in [5.41, 5.74) is 1.93. The van der Waals surface area contributed by atoms with Gasteiger partial charge in [0.2, 0.25) is 5.95 Å². The van der Waals surface area contributed by atoms with Gasteiger partial charge in [-0.05, 0) is 24.6 Å². The minimum absolute atomic E-state index is 0.207. The fourth-order valence-electron chi connectivity index (χ4n) is 3.81. The van der Waals surface area contributed by atoms with Crippen molar-refractivity contribution in [2.24, 2.45) is 0 Å². The zero-order chi connectivity index (χ0) is 23.8. The van der Waals surface area contributed by atoms with Crippen LogP contribution in [0.5, 0.6) is 11.5 Å². The third-order valence-corrected chi connectivity index (χ3v) is 5.47. The standard InChI is InChI=1S/C23H21F2N7O2/c1-13-10-32(12-28-13)21-19(33-3)7-17(8-26-21)29-23-27-9-20-22(30-23)31(2)18(11-34-20)14-4-15(24)6-16(25)5-14/h4-10,12,18H,11H2,1-3H3,(H,27,29,30). The third kappa shape index (κ3) is 4.07. The van der Waals surface area contributed by atoms with Gasteiger partial charge in [0.15, 0.2) is 23.1 Å². The van der Waals surface area contributed by atoms with E-state index in [1.54, 1.807) is 43.5 Å². The van der Waals surface area contributed by atoms with E-state index in [2.05, 4.69) is 25.3 Å². The Labute approximate surface area is 194 Å². The van der Waals surface area contributed by atoms with E-state index in [0.717, 1.165) is 11.8 Å². The summed E-state index contributed by atoms with van der Waals surface area (Å²) in [6.45, 7) is 2.10. The molecule has 4 aromatic rings. The van der Waals surface area contributed by atoms with Crippen LogP contribution in [0.3, 0.4) is 0 Å². The van der Waals surface area contributed by atoms with Gasteiger partial charge in [-0.15, -0.1) is 0 Å². The van der Waals surface area contributed by atoms with E-state index in [9.17, 15) is 8.78 Å². The van der Waals surface area contributed by atoms with Crippen LogP contribution in [0.15, 0.2) is 49.2 Å². The fraction of sp³-hybridized carbons (Fsp3) is 0.217. The molecule has 1 N–H and O–H groups in total. The summed E-state index contributed by atoms with van der Waals surface area (Å²) >= 11 is 0. The Morgan fingerprint density at radius 1 is 1.06 bits per heavy atom. The van der Waals surface area contributed by atoms with E-state index in [1.165, 1.54) is 12.1 Å². The SMILES string of the molecule is COc1cc(Nc2ncc3c(n2)N(C)C(c2cc(F)cc(F)c2)CO3)cnc1-n1cnc(C)c1. The number of rotatable bonds is 5. The highest BCUT2D eigenvalue weighted by molar-refractivity contribution is 5.62. The van der Waals surface area contributed by atoms with Crippen LogP contribution in [0.2, 0.25) is 0 Å². The molecule has 5 rings (SSSR count). The molecule has 1 aliphatic heterocycles. The van der Waals surface area contributed by atoms with Gasteiger partial charge in [0.25, 0.3) is 0 Å². The van der Waals surface area contributed by atoms with Gasteiger partial charge in [-0.1, -0.05) is 0 Å². The Balaban J connectivity index is 1.41. The molecule has 9 nitrogen and oxygen atoms in total. The van der Waals surface area contributed by atoms with Crippen LogP contribution in [-0.4, -0.2) is 45.3 Å². The number of fused-ring (bicyclic) bond motifs is 1. The van der Waals surface area contributed by atoms with Crippen molar-refractivity contribution in [3.63, 3.8) is 0 Å². The van der Waals surface area contributed by atoms with Gasteiger partial charge in [-0.2, -0.15) is 4.98 Å². The third-order valence-electron chi connectivity index (χ3n) is 5.47. The Kier molecular flexibility index (Phi) is 5.44. The van der Waals surface area contributed by atoms with Crippen molar-refractivity contribution >= 4 is 17.5 Å². The van der Waals surface area contributed by atoms with Crippen molar-refractivity contribution < 1.29 is 18.3 Å². The molecule has 4 heterocycles. The number of aryl methyl sites for hydroxylation is 1. The number of hydrogen-bond acceptors (Lipinski definition) is 8. The molecule has 1 atom stereocenters. The van der Waals surface area contributed by atoms with Gasteiger partial charge in [0, 0.05) is 25.4 Å². The van der Waals surface area contributed by atoms with Crippen LogP contribution in [-0.2, 0) is 0 Å². The van der Waals surface area contributed by atoms with Crippen LogP contribution < -0.4 is 19.7 Å². The van der Waals surface area contributed by atoms with Crippen LogP contribution >= 0.6 is 0 Å². The highest BCUT2D eigenvalue weighted by atomic mass is 19.1. The number of nitrogens with one attached hydrogen (secondary N) is 1. The van der Waals surface area contributed by atoms with Crippen LogP contribution in [0.1, 0.15) is 17.3 Å². The Hall–Kier alpha value is -4.28. The van der Waals surface area contributed by atoms with E-state index in [-0.39, 0.29) is 6.61 Å². The Morgan fingerprint density at radius 3 is 2.56 bits per heavy atom. The summed E-state index contributed by atoms with van der Waals surface area (Å²) in [6, 6.07) is 4.78. The summed E-state index contributed by atoms with van der Waals surface area (Å²) < 4.78 is 40.5. The van der Waals surface area contributed by atoms with E-state index in [4.69, 9.17) is 9.47 Å². The molecular weight excluding hydrogens is 444 g/mol. The second-order valence-electron chi connectivity index (χ2n) is 7.82. The lowest BCUT2D eigenvalue weighted by atomic mass is 10.0. The molecule has 0 aliphatic carbocycles. The van der Waals surface area contributed by atoms with Crippen molar-refractivity contribution in [2.45, 2.75) is 13.0 Å². The molecule has 3 aromatic heterocycles. The molecule has 11 heteroatoms. The summed E-state index contributed by atoms with van der Waals surface area (Å²) in [7, 11) is 3.35. The number of benzene rings is 1. The Morgan fingerprint density at radius 2 is 1.85 bits per heavy atom. The monoisotopic (exact) mass is 465 g/mol. The lowest BCUT2D eigenvalue weighted by Crippen LogP contribution is -2.34. The van der Waals surface area contributed by atoms with Crippen molar-refractivity contribution in [2.75, 3.05) is 31.0 Å². The second kappa shape index (κ2) is 8.58. The van der Waals surface area contributed by atoms with Gasteiger partial charge in [-0.25, -0.2) is 23.7 Å². The first-order chi connectivity index (χ1) is 16.4. The topological polar surface area (TPSA) is 90.2 Å². The number of nitrogens with zero attached hydrogens (tertiary/aromatic N) is 6. The Bertz CT molecular complexity index is 1340. The first-order valence-corrected chi connectivity index (χ1v) is 10.4. The first-order valence-electron chi connectivity index (χ1n) is 10.4. The minimum atomic E-state index is -0.644. The molecule has 34 heavy (non-hydrogen) atoms. The molecule has 1 aromatic carbocycles. The number of likely N-dealkylation sites (N-methyl/N-ethyl adjacent to an activating group) is 1. The van der Waals surface area contributed by atoms with Gasteiger partial charge in [-0.3, -0.25) is 4.57 Å². The molecule has 0 spiro atoms. The summed E-state index contributed by atoms with van der Waals surface area (Å²) in [4.78, 5) is 19.4. The summed E-state index contributed by atoms with van der Waals surface area (Å²) in [6.07, 6.45) is 6.70. The fourth-order valence-corrected chi connectivity index (χ4v) is 3.81. The average Bonchev–Trinajstić information content (AvgIpc) is 3.25. The van der Waals surface area contributed by atoms with Gasteiger partial charge in [0.05, 0.1) is 36.9 Å². The molecule has 0 saturated carbocycles. The molecular formula is C23H21F2N7O2. The lowest BCUT2D eigenvalue weighted by Gasteiger charge is -2.35. The van der Waals surface area contributed by atoms with Crippen LogP contribution in [0.4, 0.5) is 26.2 Å². The molecule has 0 radical (unpaired) electrons. The molecule has 0 saturated heterocycles. The largest absolute Gasteiger partial charge is 0.493 e. The van der Waals surface area contributed by atoms with Crippen molar-refractivity contribution in [3.05, 3.63) is 72.1 Å². The number of aromatic nitrogens is 5. The molecule has 1 unspecified atom stereocenters. The summed E-state index contributed by atoms with van der Waals surface area (Å²) in [5.74, 6) is 1.11. The minimum Gasteiger partial charge on any atom is -0.493 e. The number of pyridine rings is 1. The van der Waals surface area contributed by atoms with Gasteiger partial charge in [0.1, 0.15) is 24.6 Å². The van der Waals surface area contributed by atoms with E-state index >= 15 is 0 Å². The predicted octanol–water partition coefficient (Wildman–Crippen LogP) is 3.97. The number of anilines is 3. The zero-order valence-corrected chi connectivity index (χ0v) is 18.7. The van der Waals surface area contributed by atoms with E-state index in [0.29, 0.717) is 40.3 Å². The smallest absolute Gasteiger partial charge is 0.229 e. The first kappa shape index (κ1) is 21.6. The molecule has 0 amide bonds. The van der Waals surface area contributed by atoms with Crippen molar-refractivity contribution in [1.82, 2.24) is 24.5 Å². The second-order valence-corrected chi connectivity index (χ2v) is 7.82. The van der Waals surface area contributed by atoms with Gasteiger partial charge < -0.3 is 19.7 Å². The van der Waals surface area contributed by atoms with Crippen molar-refractivity contribution in [1.29, 1.82) is 0 Å². The average molecular weight is 465 g/mol. The predicted molar refractivity (Wildman–Crippen MR) is 121 cm³/mol. The molecule has 0 fully saturated rings. The highest BCUT2D eigenvalue weighted by Crippen LogP contribution is 2.37. The molecule has 0 bridgehead atoms. The van der Waals surface area contributed by atoms with Crippen LogP contribution in [0, 0.1) is 18.6 Å². The quantitative estimate of drug-likeness (QED) is 0.474. The van der Waals surface area contributed by atoms with Crippen LogP contribution in [0.25, 0.3) is 5.82 Å². The van der Waals surface area contributed by atoms with Crippen molar-refractivity contribution in [3.8, 4) is 17.3 Å². The van der Waals surface area contributed by atoms with Gasteiger partial charge >= 0.3 is 0 Å². The normalized spacial score (nSPS) is 15.0. The summed E-state index contributed by atoms with van der Waals surface area (Å²) in [5, 5.41) is 3.11. The number of hydrogen-bond donors (Lipinski definition) is 1. The van der Waals surface area contributed by atoms with E-state index < -0.39 is 17.7 Å². The lowest BCUT2D eigenvalue weighted by molar-refractivity contribution is 0.264. The number of halogens is 2. The highest BCUT2D eigenvalue weighted by Gasteiger charge is 2.29. The maximum Gasteiger partial charge on any atom is 0.229 e. The van der Waals surface area contributed by atoms with E-state index in [1.807, 2.05) is 18.0 Å². The maximum absolute atomic E-state index is 13.8. The molecule has 174 valence electrons. The zero-order valence-electron chi connectivity index (χ0n) is 18.7. The maximum atomic E-state index is 13.8. The number of ether oxygens (including phenoxy) is 2. The number of imidazole rings is 1.